The molecule has 0 aromatic rings. The zero-order valence-corrected chi connectivity index (χ0v) is 7.29. The minimum Gasteiger partial charge on any atom is -0.480 e. The van der Waals surface area contributed by atoms with Crippen molar-refractivity contribution in [3.05, 3.63) is 0 Å². The zero-order chi connectivity index (χ0) is 9.78. The molecule has 0 bridgehead atoms. The van der Waals surface area contributed by atoms with Crippen LogP contribution in [0.5, 0.6) is 0 Å². The van der Waals surface area contributed by atoms with Gasteiger partial charge in [-0.25, -0.2) is 0 Å². The van der Waals surface area contributed by atoms with Crippen LogP contribution in [-0.4, -0.2) is 37.9 Å². The Labute approximate surface area is 70.3 Å². The van der Waals surface area contributed by atoms with Crippen molar-refractivity contribution < 1.29 is 24.2 Å². The number of hydrogen-bond acceptors (Lipinski definition) is 4. The maximum absolute atomic E-state index is 11.0. The minimum atomic E-state index is -1.61. The molecule has 1 atom stereocenters. The number of hydrogen-bond donors (Lipinski definition) is 1. The van der Waals surface area contributed by atoms with Crippen LogP contribution in [0.3, 0.4) is 0 Å². The van der Waals surface area contributed by atoms with Gasteiger partial charge in [0.25, 0.3) is 0 Å². The number of carboxylic acids is 1. The van der Waals surface area contributed by atoms with E-state index in [1.165, 1.54) is 14.0 Å². The molecule has 0 radical (unpaired) electrons. The Balaban J connectivity index is 4.61. The summed E-state index contributed by atoms with van der Waals surface area (Å²) >= 11 is 0. The van der Waals surface area contributed by atoms with Crippen LogP contribution < -0.4 is 0 Å². The van der Waals surface area contributed by atoms with Crippen molar-refractivity contribution in [3.63, 3.8) is 0 Å². The fourth-order valence-corrected chi connectivity index (χ4v) is 0.722. The van der Waals surface area contributed by atoms with E-state index in [9.17, 15) is 9.59 Å². The molecule has 0 aromatic heterocycles. The summed E-state index contributed by atoms with van der Waals surface area (Å²) in [5, 5.41) is 8.68. The normalized spacial score (nSPS) is 14.9. The molecule has 0 saturated heterocycles. The Kier molecular flexibility index (Phi) is 3.69. The predicted molar refractivity (Wildman–Crippen MR) is 39.6 cm³/mol. The molecular formula is C7H12O5. The molecule has 70 valence electrons. The van der Waals surface area contributed by atoms with E-state index in [0.29, 0.717) is 0 Å². The topological polar surface area (TPSA) is 72.8 Å². The van der Waals surface area contributed by atoms with Gasteiger partial charge in [-0.1, -0.05) is 0 Å². The summed E-state index contributed by atoms with van der Waals surface area (Å²) in [6, 6.07) is 0. The van der Waals surface area contributed by atoms with Gasteiger partial charge >= 0.3 is 11.9 Å². The molecule has 0 fully saturated rings. The Bertz CT molecular complexity index is 188. The summed E-state index contributed by atoms with van der Waals surface area (Å²) in [6.07, 6.45) is 0. The number of carbonyl (C=O) groups is 2. The van der Waals surface area contributed by atoms with Gasteiger partial charge < -0.3 is 14.6 Å². The Morgan fingerprint density at radius 1 is 1.42 bits per heavy atom. The van der Waals surface area contributed by atoms with Gasteiger partial charge in [0.05, 0.1) is 13.7 Å². The molecule has 0 aliphatic carbocycles. The molecule has 0 spiro atoms. The van der Waals surface area contributed by atoms with E-state index in [2.05, 4.69) is 9.47 Å². The van der Waals surface area contributed by atoms with E-state index in [4.69, 9.17) is 5.11 Å². The largest absolute Gasteiger partial charge is 0.480 e. The third-order valence-corrected chi connectivity index (χ3v) is 1.54. The monoisotopic (exact) mass is 176 g/mol. The molecule has 0 aromatic carbocycles. The smallest absolute Gasteiger partial charge is 0.325 e. The molecule has 0 amide bonds. The molecule has 5 nitrogen and oxygen atoms in total. The van der Waals surface area contributed by atoms with Crippen LogP contribution in [0.4, 0.5) is 0 Å². The summed E-state index contributed by atoms with van der Waals surface area (Å²) in [5.74, 6) is -2.06. The average molecular weight is 176 g/mol. The lowest BCUT2D eigenvalue weighted by Gasteiger charge is -2.19. The van der Waals surface area contributed by atoms with Gasteiger partial charge in [0.2, 0.25) is 0 Å². The molecule has 0 saturated carbocycles. The Morgan fingerprint density at radius 3 is 2.17 bits per heavy atom. The Hall–Kier alpha value is -1.10. The third kappa shape index (κ3) is 1.94. The highest BCUT2D eigenvalue weighted by Gasteiger charge is 2.42. The molecule has 12 heavy (non-hydrogen) atoms. The SMILES string of the molecule is COCC(C)(C(=O)O)C(=O)OC. The number of ether oxygens (including phenoxy) is 2. The van der Waals surface area contributed by atoms with E-state index >= 15 is 0 Å². The maximum Gasteiger partial charge on any atom is 0.325 e. The lowest BCUT2D eigenvalue weighted by atomic mass is 9.92. The molecular weight excluding hydrogens is 164 g/mol. The second-order valence-corrected chi connectivity index (χ2v) is 2.56. The predicted octanol–water partition coefficient (Wildman–Crippen LogP) is -0.103. The van der Waals surface area contributed by atoms with Crippen molar-refractivity contribution in [2.45, 2.75) is 6.92 Å². The van der Waals surface area contributed by atoms with Crippen LogP contribution in [0, 0.1) is 5.41 Å². The second-order valence-electron chi connectivity index (χ2n) is 2.56. The standard InChI is InChI=1S/C7H12O5/c1-7(4-11-2,5(8)9)6(10)12-3/h4H2,1-3H3,(H,8,9). The summed E-state index contributed by atoms with van der Waals surface area (Å²) in [7, 11) is 2.46. The highest BCUT2D eigenvalue weighted by Crippen LogP contribution is 2.18. The molecule has 1 unspecified atom stereocenters. The summed E-state index contributed by atoms with van der Waals surface area (Å²) in [6.45, 7) is 1.06. The third-order valence-electron chi connectivity index (χ3n) is 1.54. The van der Waals surface area contributed by atoms with Gasteiger partial charge in [0.1, 0.15) is 0 Å². The molecule has 1 N–H and O–H groups in total. The Morgan fingerprint density at radius 2 is 1.92 bits per heavy atom. The van der Waals surface area contributed by atoms with Crippen molar-refractivity contribution in [1.29, 1.82) is 0 Å². The van der Waals surface area contributed by atoms with Crippen molar-refractivity contribution in [2.75, 3.05) is 20.8 Å². The highest BCUT2D eigenvalue weighted by molar-refractivity contribution is 5.98. The van der Waals surface area contributed by atoms with E-state index < -0.39 is 17.4 Å². The average Bonchev–Trinajstić information content (AvgIpc) is 2.03. The second kappa shape index (κ2) is 4.06. The number of aliphatic carboxylic acids is 1. The first kappa shape index (κ1) is 10.9. The number of esters is 1. The molecule has 0 rings (SSSR count). The number of carbonyl (C=O) groups excluding carboxylic acids is 1. The van der Waals surface area contributed by atoms with Crippen molar-refractivity contribution in [3.8, 4) is 0 Å². The maximum atomic E-state index is 11.0. The van der Waals surface area contributed by atoms with Gasteiger partial charge in [-0.05, 0) is 6.92 Å². The van der Waals surface area contributed by atoms with Crippen molar-refractivity contribution >= 4 is 11.9 Å². The summed E-state index contributed by atoms with van der Waals surface area (Å²) in [5.41, 5.74) is -1.61. The van der Waals surface area contributed by atoms with E-state index in [-0.39, 0.29) is 6.61 Å². The number of methoxy groups -OCH3 is 2. The van der Waals surface area contributed by atoms with E-state index in [1.54, 1.807) is 0 Å². The number of rotatable bonds is 4. The van der Waals surface area contributed by atoms with Crippen LogP contribution in [0.2, 0.25) is 0 Å². The minimum absolute atomic E-state index is 0.199. The molecule has 0 aliphatic rings. The highest BCUT2D eigenvalue weighted by atomic mass is 16.5. The first-order valence-corrected chi connectivity index (χ1v) is 3.29. The van der Waals surface area contributed by atoms with E-state index in [0.717, 1.165) is 7.11 Å². The first-order valence-electron chi connectivity index (χ1n) is 3.29. The lowest BCUT2D eigenvalue weighted by molar-refractivity contribution is -0.169. The molecule has 0 aliphatic heterocycles. The van der Waals surface area contributed by atoms with Crippen LogP contribution in [0.15, 0.2) is 0 Å². The first-order chi connectivity index (χ1) is 5.49. The zero-order valence-electron chi connectivity index (χ0n) is 7.29. The van der Waals surface area contributed by atoms with Gasteiger partial charge in [-0.2, -0.15) is 0 Å². The van der Waals surface area contributed by atoms with Crippen LogP contribution in [0.25, 0.3) is 0 Å². The van der Waals surface area contributed by atoms with Gasteiger partial charge in [-0.15, -0.1) is 0 Å². The van der Waals surface area contributed by atoms with Gasteiger partial charge in [-0.3, -0.25) is 9.59 Å². The van der Waals surface area contributed by atoms with Crippen molar-refractivity contribution in [1.82, 2.24) is 0 Å². The molecule has 0 heterocycles. The summed E-state index contributed by atoms with van der Waals surface area (Å²) < 4.78 is 8.94. The molecule has 5 heteroatoms. The van der Waals surface area contributed by atoms with Crippen molar-refractivity contribution in [2.24, 2.45) is 5.41 Å². The quantitative estimate of drug-likeness (QED) is 0.478. The fourth-order valence-electron chi connectivity index (χ4n) is 0.722. The van der Waals surface area contributed by atoms with Crippen LogP contribution in [-0.2, 0) is 19.1 Å². The number of carboxylic acid groups (broad SMARTS) is 1. The van der Waals surface area contributed by atoms with Crippen LogP contribution in [0.1, 0.15) is 6.92 Å². The lowest BCUT2D eigenvalue weighted by Crippen LogP contribution is -2.41. The van der Waals surface area contributed by atoms with Gasteiger partial charge in [0.15, 0.2) is 5.41 Å². The van der Waals surface area contributed by atoms with E-state index in [1.807, 2.05) is 0 Å². The van der Waals surface area contributed by atoms with Gasteiger partial charge in [0, 0.05) is 7.11 Å². The van der Waals surface area contributed by atoms with Crippen LogP contribution >= 0.6 is 0 Å². The summed E-state index contributed by atoms with van der Waals surface area (Å²) in [4.78, 5) is 21.6. The fraction of sp³-hybridized carbons (Fsp3) is 0.714.